The molecule has 0 saturated heterocycles. The van der Waals surface area contributed by atoms with E-state index in [1.807, 2.05) is 49.1 Å². The number of fused-ring (bicyclic) bond motifs is 2. The van der Waals surface area contributed by atoms with Crippen molar-refractivity contribution in [1.82, 2.24) is 9.78 Å². The van der Waals surface area contributed by atoms with Gasteiger partial charge in [0.15, 0.2) is 0 Å². The van der Waals surface area contributed by atoms with Crippen LogP contribution in [0.1, 0.15) is 36.6 Å². The normalized spacial score (nSPS) is 23.4. The summed E-state index contributed by atoms with van der Waals surface area (Å²) in [4.78, 5) is 17.5. The lowest BCUT2D eigenvalue weighted by Crippen LogP contribution is -2.36. The SMILES string of the molecule is Cc1c([C@@H]2Nc3ccccc3N=C3CCCC(=O)C32)cnn1C. The Kier molecular flexibility index (Phi) is 3.29. The molecule has 4 rings (SSSR count). The zero-order valence-corrected chi connectivity index (χ0v) is 13.4. The van der Waals surface area contributed by atoms with E-state index in [1.165, 1.54) is 0 Å². The van der Waals surface area contributed by atoms with Gasteiger partial charge in [0, 0.05) is 30.4 Å². The maximum Gasteiger partial charge on any atom is 0.144 e. The lowest BCUT2D eigenvalue weighted by molar-refractivity contribution is -0.122. The van der Waals surface area contributed by atoms with Gasteiger partial charge in [-0.2, -0.15) is 5.10 Å². The largest absolute Gasteiger partial charge is 0.375 e. The molecule has 1 saturated carbocycles. The number of hydrogen-bond acceptors (Lipinski definition) is 4. The van der Waals surface area contributed by atoms with Crippen molar-refractivity contribution < 1.29 is 4.79 Å². The molecule has 2 aliphatic rings. The lowest BCUT2D eigenvalue weighted by Gasteiger charge is -2.30. The number of ketones is 1. The Morgan fingerprint density at radius 2 is 2.09 bits per heavy atom. The molecule has 23 heavy (non-hydrogen) atoms. The zero-order chi connectivity index (χ0) is 16.0. The number of Topliss-reactive ketones (excluding diaryl/α,β-unsaturated/α-hetero) is 1. The van der Waals surface area contributed by atoms with Gasteiger partial charge >= 0.3 is 0 Å². The summed E-state index contributed by atoms with van der Waals surface area (Å²) in [5.41, 5.74) is 5.07. The smallest absolute Gasteiger partial charge is 0.144 e. The minimum absolute atomic E-state index is 0.0982. The number of anilines is 1. The molecule has 1 unspecified atom stereocenters. The van der Waals surface area contributed by atoms with Crippen molar-refractivity contribution in [1.29, 1.82) is 0 Å². The molecule has 0 amide bonds. The van der Waals surface area contributed by atoms with E-state index in [4.69, 9.17) is 4.99 Å². The van der Waals surface area contributed by atoms with Crippen LogP contribution in [0.3, 0.4) is 0 Å². The predicted octanol–water partition coefficient (Wildman–Crippen LogP) is 3.34. The molecule has 1 aliphatic heterocycles. The van der Waals surface area contributed by atoms with Crippen LogP contribution in [0.15, 0.2) is 35.5 Å². The number of para-hydroxylation sites is 2. The highest BCUT2D eigenvalue weighted by molar-refractivity contribution is 6.10. The lowest BCUT2D eigenvalue weighted by atomic mass is 9.78. The van der Waals surface area contributed by atoms with Gasteiger partial charge in [-0.05, 0) is 31.9 Å². The minimum atomic E-state index is -0.195. The second-order valence-corrected chi connectivity index (χ2v) is 6.35. The molecule has 5 nitrogen and oxygen atoms in total. The van der Waals surface area contributed by atoms with Gasteiger partial charge in [-0.15, -0.1) is 0 Å². The fraction of sp³-hybridized carbons (Fsp3) is 0.389. The molecule has 1 aliphatic carbocycles. The molecule has 5 heteroatoms. The zero-order valence-electron chi connectivity index (χ0n) is 13.4. The molecular formula is C18H20N4O. The van der Waals surface area contributed by atoms with Gasteiger partial charge in [0.05, 0.1) is 29.5 Å². The van der Waals surface area contributed by atoms with Crippen LogP contribution in [0.25, 0.3) is 0 Å². The molecule has 2 atom stereocenters. The second kappa shape index (κ2) is 5.33. The second-order valence-electron chi connectivity index (χ2n) is 6.35. The number of carbonyl (C=O) groups excluding carboxylic acids is 1. The van der Waals surface area contributed by atoms with Gasteiger partial charge in [-0.1, -0.05) is 12.1 Å². The van der Waals surface area contributed by atoms with E-state index in [2.05, 4.69) is 10.4 Å². The fourth-order valence-electron chi connectivity index (χ4n) is 3.62. The minimum Gasteiger partial charge on any atom is -0.375 e. The Hall–Kier alpha value is -2.43. The van der Waals surface area contributed by atoms with E-state index in [0.29, 0.717) is 6.42 Å². The van der Waals surface area contributed by atoms with E-state index in [-0.39, 0.29) is 17.7 Å². The van der Waals surface area contributed by atoms with Crippen molar-refractivity contribution in [2.45, 2.75) is 32.2 Å². The van der Waals surface area contributed by atoms with Crippen LogP contribution in [0.2, 0.25) is 0 Å². The fourth-order valence-corrected chi connectivity index (χ4v) is 3.62. The van der Waals surface area contributed by atoms with Crippen LogP contribution in [0.4, 0.5) is 11.4 Å². The molecule has 1 fully saturated rings. The number of aliphatic imine (C=N–C) groups is 1. The van der Waals surface area contributed by atoms with Gasteiger partial charge in [0.1, 0.15) is 5.78 Å². The molecule has 118 valence electrons. The number of rotatable bonds is 1. The van der Waals surface area contributed by atoms with Crippen molar-refractivity contribution in [3.8, 4) is 0 Å². The Morgan fingerprint density at radius 1 is 1.26 bits per heavy atom. The third-order valence-electron chi connectivity index (χ3n) is 4.98. The standard InChI is InChI=1S/C18H20N4O/c1-11-12(10-19-22(11)2)18-17-15(8-5-9-16(17)23)20-13-6-3-4-7-14(13)21-18/h3-4,6-7,10,17-18,21H,5,8-9H2,1-2H3/t17?,18-/m0/s1. The summed E-state index contributed by atoms with van der Waals surface area (Å²) in [7, 11) is 1.93. The first-order chi connectivity index (χ1) is 11.1. The summed E-state index contributed by atoms with van der Waals surface area (Å²) in [5.74, 6) is 0.0857. The molecule has 0 spiro atoms. The Morgan fingerprint density at radius 3 is 2.87 bits per heavy atom. The molecule has 1 aromatic heterocycles. The van der Waals surface area contributed by atoms with Crippen molar-refractivity contribution in [2.24, 2.45) is 18.0 Å². The van der Waals surface area contributed by atoms with Gasteiger partial charge in [-0.3, -0.25) is 14.5 Å². The van der Waals surface area contributed by atoms with Crippen LogP contribution in [-0.4, -0.2) is 21.3 Å². The van der Waals surface area contributed by atoms with Crippen molar-refractivity contribution in [3.05, 3.63) is 41.7 Å². The van der Waals surface area contributed by atoms with Gasteiger partial charge in [0.25, 0.3) is 0 Å². The summed E-state index contributed by atoms with van der Waals surface area (Å²) >= 11 is 0. The van der Waals surface area contributed by atoms with E-state index in [1.54, 1.807) is 0 Å². The summed E-state index contributed by atoms with van der Waals surface area (Å²) < 4.78 is 1.86. The van der Waals surface area contributed by atoms with Crippen LogP contribution in [0, 0.1) is 12.8 Å². The quantitative estimate of drug-likeness (QED) is 0.879. The first kappa shape index (κ1) is 14.2. The van der Waals surface area contributed by atoms with Crippen molar-refractivity contribution in [2.75, 3.05) is 5.32 Å². The number of nitrogens with one attached hydrogen (secondary N) is 1. The average Bonchev–Trinajstić information content (AvgIpc) is 2.78. The molecular weight excluding hydrogens is 288 g/mol. The highest BCUT2D eigenvalue weighted by atomic mass is 16.1. The number of carbonyl (C=O) groups is 1. The van der Waals surface area contributed by atoms with Crippen molar-refractivity contribution >= 4 is 22.9 Å². The molecule has 2 heterocycles. The van der Waals surface area contributed by atoms with Gasteiger partial charge in [-0.25, -0.2) is 0 Å². The first-order valence-corrected chi connectivity index (χ1v) is 8.09. The Labute approximate surface area is 135 Å². The summed E-state index contributed by atoms with van der Waals surface area (Å²) in [5, 5.41) is 7.94. The number of nitrogens with zero attached hydrogens (tertiary/aromatic N) is 3. The van der Waals surface area contributed by atoms with E-state index >= 15 is 0 Å². The third-order valence-corrected chi connectivity index (χ3v) is 4.98. The Bertz CT molecular complexity index is 805. The Balaban J connectivity index is 1.88. The van der Waals surface area contributed by atoms with E-state index in [0.717, 1.165) is 41.2 Å². The van der Waals surface area contributed by atoms with Gasteiger partial charge in [0.2, 0.25) is 0 Å². The monoisotopic (exact) mass is 308 g/mol. The summed E-state index contributed by atoms with van der Waals surface area (Å²) in [6.45, 7) is 2.05. The molecule has 1 aromatic carbocycles. The molecule has 0 bridgehead atoms. The van der Waals surface area contributed by atoms with Crippen LogP contribution < -0.4 is 5.32 Å². The summed E-state index contributed by atoms with van der Waals surface area (Å²) in [6.07, 6.45) is 4.30. The maximum atomic E-state index is 12.7. The topological polar surface area (TPSA) is 59.3 Å². The average molecular weight is 308 g/mol. The molecule has 0 radical (unpaired) electrons. The number of benzene rings is 1. The van der Waals surface area contributed by atoms with Gasteiger partial charge < -0.3 is 5.32 Å². The third kappa shape index (κ3) is 2.27. The van der Waals surface area contributed by atoms with Crippen LogP contribution in [0.5, 0.6) is 0 Å². The predicted molar refractivity (Wildman–Crippen MR) is 90.2 cm³/mol. The number of hydrogen-bond donors (Lipinski definition) is 1. The molecule has 2 aromatic rings. The van der Waals surface area contributed by atoms with Crippen LogP contribution in [-0.2, 0) is 11.8 Å². The highest BCUT2D eigenvalue weighted by Crippen LogP contribution is 2.41. The number of aromatic nitrogens is 2. The highest BCUT2D eigenvalue weighted by Gasteiger charge is 2.39. The first-order valence-electron chi connectivity index (χ1n) is 8.09. The van der Waals surface area contributed by atoms with E-state index in [9.17, 15) is 4.79 Å². The van der Waals surface area contributed by atoms with Crippen LogP contribution >= 0.6 is 0 Å². The van der Waals surface area contributed by atoms with Crippen molar-refractivity contribution in [3.63, 3.8) is 0 Å². The van der Waals surface area contributed by atoms with E-state index < -0.39 is 0 Å². The summed E-state index contributed by atoms with van der Waals surface area (Å²) in [6, 6.07) is 7.92. The maximum absolute atomic E-state index is 12.7. The molecule has 1 N–H and O–H groups in total. The number of aryl methyl sites for hydroxylation is 1.